The van der Waals surface area contributed by atoms with E-state index < -0.39 is 18.6 Å². The molecule has 1 aliphatic heterocycles. The highest BCUT2D eigenvalue weighted by Crippen LogP contribution is 2.28. The van der Waals surface area contributed by atoms with Crippen molar-refractivity contribution in [2.24, 2.45) is 0 Å². The first-order chi connectivity index (χ1) is 9.78. The van der Waals surface area contributed by atoms with Crippen LogP contribution < -0.4 is 10.2 Å². The van der Waals surface area contributed by atoms with Gasteiger partial charge in [-0.1, -0.05) is 11.6 Å². The molecule has 114 valence electrons. The fourth-order valence-corrected chi connectivity index (χ4v) is 2.27. The van der Waals surface area contributed by atoms with Gasteiger partial charge in [0.1, 0.15) is 6.54 Å². The normalized spacial score (nSPS) is 15.4. The van der Waals surface area contributed by atoms with Crippen LogP contribution in [0.15, 0.2) is 18.2 Å². The highest BCUT2D eigenvalue weighted by atomic mass is 35.5. The van der Waals surface area contributed by atoms with E-state index >= 15 is 0 Å². The van der Waals surface area contributed by atoms with Gasteiger partial charge >= 0.3 is 6.18 Å². The Balaban J connectivity index is 2.26. The number of rotatable bonds is 3. The Kier molecular flexibility index (Phi) is 4.41. The molecule has 4 nitrogen and oxygen atoms in total. The number of alkyl halides is 3. The molecule has 1 N–H and O–H groups in total. The van der Waals surface area contributed by atoms with Gasteiger partial charge in [0.05, 0.1) is 11.3 Å². The first-order valence-corrected chi connectivity index (χ1v) is 6.60. The minimum atomic E-state index is -4.49. The van der Waals surface area contributed by atoms with Gasteiger partial charge in [-0.25, -0.2) is 0 Å². The zero-order chi connectivity index (χ0) is 15.6. The third-order valence-corrected chi connectivity index (χ3v) is 3.25. The van der Waals surface area contributed by atoms with Crippen LogP contribution in [0.5, 0.6) is 0 Å². The van der Waals surface area contributed by atoms with Gasteiger partial charge in [0.25, 0.3) is 5.91 Å². The Morgan fingerprint density at radius 1 is 1.38 bits per heavy atom. The second-order valence-electron chi connectivity index (χ2n) is 4.61. The van der Waals surface area contributed by atoms with Gasteiger partial charge in [-0.2, -0.15) is 13.2 Å². The molecule has 1 aliphatic rings. The Morgan fingerprint density at radius 3 is 2.67 bits per heavy atom. The van der Waals surface area contributed by atoms with Crippen LogP contribution in [0.3, 0.4) is 0 Å². The van der Waals surface area contributed by atoms with Crippen molar-refractivity contribution in [2.75, 3.05) is 18.0 Å². The average molecular weight is 321 g/mol. The van der Waals surface area contributed by atoms with Crippen LogP contribution in [0.1, 0.15) is 23.2 Å². The summed E-state index contributed by atoms with van der Waals surface area (Å²) in [7, 11) is 0. The summed E-state index contributed by atoms with van der Waals surface area (Å²) >= 11 is 5.85. The van der Waals surface area contributed by atoms with E-state index in [2.05, 4.69) is 0 Å². The molecular formula is C13H12ClF3N2O2. The van der Waals surface area contributed by atoms with Crippen LogP contribution in [0.25, 0.3) is 0 Å². The summed E-state index contributed by atoms with van der Waals surface area (Å²) in [5.41, 5.74) is 0.239. The van der Waals surface area contributed by atoms with Crippen LogP contribution in [0, 0.1) is 0 Å². The fraction of sp³-hybridized carbons (Fsp3) is 0.385. The van der Waals surface area contributed by atoms with Crippen LogP contribution in [-0.4, -0.2) is 31.1 Å². The Hall–Kier alpha value is -1.76. The molecule has 1 aromatic carbocycles. The largest absolute Gasteiger partial charge is 0.405 e. The molecule has 1 saturated heterocycles. The van der Waals surface area contributed by atoms with Crippen LogP contribution in [0.2, 0.25) is 5.02 Å². The van der Waals surface area contributed by atoms with Crippen molar-refractivity contribution in [3.8, 4) is 0 Å². The number of benzene rings is 1. The first-order valence-electron chi connectivity index (χ1n) is 6.23. The molecule has 1 aromatic rings. The van der Waals surface area contributed by atoms with Gasteiger partial charge in [0, 0.05) is 18.0 Å². The number of hydrogen-bond acceptors (Lipinski definition) is 2. The molecule has 0 radical (unpaired) electrons. The van der Waals surface area contributed by atoms with Crippen molar-refractivity contribution in [1.82, 2.24) is 5.32 Å². The van der Waals surface area contributed by atoms with Gasteiger partial charge in [0.15, 0.2) is 0 Å². The number of nitrogens with zero attached hydrogens (tertiary/aromatic N) is 1. The number of carbonyl (C=O) groups is 2. The van der Waals surface area contributed by atoms with Gasteiger partial charge in [0.2, 0.25) is 5.91 Å². The lowest BCUT2D eigenvalue weighted by atomic mass is 10.1. The number of halogens is 4. The van der Waals surface area contributed by atoms with E-state index in [1.54, 1.807) is 5.32 Å². The van der Waals surface area contributed by atoms with E-state index in [0.29, 0.717) is 24.4 Å². The maximum atomic E-state index is 12.2. The van der Waals surface area contributed by atoms with Crippen molar-refractivity contribution in [3.63, 3.8) is 0 Å². The summed E-state index contributed by atoms with van der Waals surface area (Å²) in [4.78, 5) is 25.0. The summed E-state index contributed by atoms with van der Waals surface area (Å²) in [5.74, 6) is -1.07. The molecule has 0 spiro atoms. The Bertz CT molecular complexity index is 575. The van der Waals surface area contributed by atoms with Crippen molar-refractivity contribution >= 4 is 29.1 Å². The third-order valence-electron chi connectivity index (χ3n) is 3.02. The quantitative estimate of drug-likeness (QED) is 0.931. The molecule has 2 amide bonds. The number of anilines is 1. The van der Waals surface area contributed by atoms with E-state index in [1.807, 2.05) is 0 Å². The number of amides is 2. The van der Waals surface area contributed by atoms with E-state index in [0.717, 1.165) is 0 Å². The van der Waals surface area contributed by atoms with Gasteiger partial charge < -0.3 is 10.2 Å². The summed E-state index contributed by atoms with van der Waals surface area (Å²) < 4.78 is 36.5. The van der Waals surface area contributed by atoms with E-state index in [9.17, 15) is 22.8 Å². The van der Waals surface area contributed by atoms with Crippen LogP contribution in [0.4, 0.5) is 18.9 Å². The lowest BCUT2D eigenvalue weighted by molar-refractivity contribution is -0.123. The van der Waals surface area contributed by atoms with Crippen molar-refractivity contribution in [3.05, 3.63) is 28.8 Å². The summed E-state index contributed by atoms with van der Waals surface area (Å²) in [5, 5.41) is 2.09. The number of carbonyl (C=O) groups excluding carboxylic acids is 2. The summed E-state index contributed by atoms with van der Waals surface area (Å²) in [6, 6.07) is 4.12. The second kappa shape index (κ2) is 5.93. The molecule has 0 aromatic heterocycles. The van der Waals surface area contributed by atoms with Gasteiger partial charge in [-0.15, -0.1) is 0 Å². The molecular weight excluding hydrogens is 309 g/mol. The molecule has 21 heavy (non-hydrogen) atoms. The summed E-state index contributed by atoms with van der Waals surface area (Å²) in [6.45, 7) is -1.01. The maximum absolute atomic E-state index is 12.2. The monoisotopic (exact) mass is 320 g/mol. The predicted octanol–water partition coefficient (Wildman–Crippen LogP) is 2.76. The molecule has 2 rings (SSSR count). The maximum Gasteiger partial charge on any atom is 0.405 e. The Morgan fingerprint density at radius 2 is 2.10 bits per heavy atom. The smallest absolute Gasteiger partial charge is 0.343 e. The molecule has 1 fully saturated rings. The van der Waals surface area contributed by atoms with Crippen molar-refractivity contribution < 1.29 is 22.8 Å². The molecule has 0 atom stereocenters. The fourth-order valence-electron chi connectivity index (χ4n) is 2.10. The van der Waals surface area contributed by atoms with Crippen LogP contribution in [-0.2, 0) is 4.79 Å². The highest BCUT2D eigenvalue weighted by molar-refractivity contribution is 6.31. The zero-order valence-corrected chi connectivity index (χ0v) is 11.6. The van der Waals surface area contributed by atoms with E-state index in [1.165, 1.54) is 23.1 Å². The standard InChI is InChI=1S/C13H12ClF3N2O2/c14-8-3-4-9(12(21)18-7-13(15,16)17)10(6-8)19-5-1-2-11(19)20/h3-4,6H,1-2,5,7H2,(H,18,21). The second-order valence-corrected chi connectivity index (χ2v) is 5.04. The van der Waals surface area contributed by atoms with Gasteiger partial charge in [-0.3, -0.25) is 9.59 Å². The average Bonchev–Trinajstić information content (AvgIpc) is 2.81. The molecule has 0 bridgehead atoms. The lowest BCUT2D eigenvalue weighted by Crippen LogP contribution is -2.35. The topological polar surface area (TPSA) is 49.4 Å². The van der Waals surface area contributed by atoms with Crippen molar-refractivity contribution in [2.45, 2.75) is 19.0 Å². The Labute approximate surface area is 123 Å². The molecule has 0 saturated carbocycles. The van der Waals surface area contributed by atoms with Gasteiger partial charge in [-0.05, 0) is 24.6 Å². The highest BCUT2D eigenvalue weighted by Gasteiger charge is 2.30. The first kappa shape index (κ1) is 15.6. The minimum absolute atomic E-state index is 0.00102. The number of hydrogen-bond donors (Lipinski definition) is 1. The van der Waals surface area contributed by atoms with Crippen molar-refractivity contribution in [1.29, 1.82) is 0 Å². The predicted molar refractivity (Wildman–Crippen MR) is 71.4 cm³/mol. The molecule has 1 heterocycles. The molecule has 0 unspecified atom stereocenters. The number of nitrogens with one attached hydrogen (secondary N) is 1. The zero-order valence-electron chi connectivity index (χ0n) is 10.8. The third kappa shape index (κ3) is 3.87. The minimum Gasteiger partial charge on any atom is -0.343 e. The molecule has 8 heteroatoms. The SMILES string of the molecule is O=C(NCC(F)(F)F)c1ccc(Cl)cc1N1CCCC1=O. The van der Waals surface area contributed by atoms with Crippen LogP contribution >= 0.6 is 11.6 Å². The lowest BCUT2D eigenvalue weighted by Gasteiger charge is -2.20. The molecule has 0 aliphatic carbocycles. The van der Waals surface area contributed by atoms with E-state index in [-0.39, 0.29) is 17.2 Å². The summed E-state index contributed by atoms with van der Waals surface area (Å²) in [6.07, 6.45) is -3.52. The van der Waals surface area contributed by atoms with E-state index in [4.69, 9.17) is 11.6 Å².